The van der Waals surface area contributed by atoms with Gasteiger partial charge in [0.15, 0.2) is 5.82 Å². The number of anilines is 1. The molecule has 0 radical (unpaired) electrons. The Morgan fingerprint density at radius 2 is 2.04 bits per heavy atom. The molecule has 0 saturated heterocycles. The van der Waals surface area contributed by atoms with Crippen molar-refractivity contribution in [1.82, 2.24) is 10.1 Å². The van der Waals surface area contributed by atoms with E-state index in [9.17, 15) is 9.59 Å². The quantitative estimate of drug-likeness (QED) is 0.760. The topological polar surface area (TPSA) is 94.3 Å². The number of nitrogens with zero attached hydrogens (tertiary/aromatic N) is 2. The molecule has 0 unspecified atom stereocenters. The Bertz CT molecular complexity index is 762. The third-order valence-corrected chi connectivity index (χ3v) is 3.59. The van der Waals surface area contributed by atoms with Crippen LogP contribution in [0.1, 0.15) is 62.6 Å². The fraction of sp³-hybridized carbons (Fsp3) is 0.474. The number of amides is 1. The number of hydrogen-bond donors (Lipinski definition) is 1. The van der Waals surface area contributed by atoms with Gasteiger partial charge < -0.3 is 14.6 Å². The summed E-state index contributed by atoms with van der Waals surface area (Å²) in [7, 11) is 0. The summed E-state index contributed by atoms with van der Waals surface area (Å²) in [4.78, 5) is 28.2. The molecular formula is C19H25N3O4. The lowest BCUT2D eigenvalue weighted by Gasteiger charge is -2.10. The number of hydrogen-bond acceptors (Lipinski definition) is 6. The van der Waals surface area contributed by atoms with E-state index in [1.54, 1.807) is 31.2 Å². The van der Waals surface area contributed by atoms with Crippen molar-refractivity contribution in [3.05, 3.63) is 41.5 Å². The summed E-state index contributed by atoms with van der Waals surface area (Å²) in [6.45, 7) is 8.10. The van der Waals surface area contributed by atoms with Crippen LogP contribution in [0, 0.1) is 0 Å². The van der Waals surface area contributed by atoms with Crippen molar-refractivity contribution in [3.8, 4) is 0 Å². The van der Waals surface area contributed by atoms with Crippen molar-refractivity contribution in [2.24, 2.45) is 0 Å². The van der Waals surface area contributed by atoms with E-state index < -0.39 is 5.97 Å². The lowest BCUT2D eigenvalue weighted by Crippen LogP contribution is -2.13. The molecule has 140 valence electrons. The second kappa shape index (κ2) is 8.60. The Labute approximate surface area is 153 Å². The Balaban J connectivity index is 1.83. The lowest BCUT2D eigenvalue weighted by molar-refractivity contribution is -0.116. The van der Waals surface area contributed by atoms with Gasteiger partial charge in [0.2, 0.25) is 11.8 Å². The zero-order valence-electron chi connectivity index (χ0n) is 15.7. The standard InChI is InChI=1S/C19H25N3O4/c1-5-25-17(24)13-8-6-9-14(12-13)20-15(23)10-7-11-16-21-18(22-26-16)19(2,3)4/h6,8-9,12H,5,7,10-11H2,1-4H3,(H,20,23). The van der Waals surface area contributed by atoms with E-state index in [0.29, 0.717) is 48.8 Å². The number of nitrogens with one attached hydrogen (secondary N) is 1. The van der Waals surface area contributed by atoms with Crippen molar-refractivity contribution in [2.45, 2.75) is 52.4 Å². The number of benzene rings is 1. The van der Waals surface area contributed by atoms with Crippen LogP contribution in [0.15, 0.2) is 28.8 Å². The van der Waals surface area contributed by atoms with E-state index in [1.165, 1.54) is 0 Å². The number of rotatable bonds is 7. The monoisotopic (exact) mass is 359 g/mol. The SMILES string of the molecule is CCOC(=O)c1cccc(NC(=O)CCCc2nc(C(C)(C)C)no2)c1. The third-order valence-electron chi connectivity index (χ3n) is 3.59. The molecule has 2 aromatic rings. The van der Waals surface area contributed by atoms with Crippen LogP contribution in [0.2, 0.25) is 0 Å². The summed E-state index contributed by atoms with van der Waals surface area (Å²) in [5.74, 6) is 0.649. The number of aryl methyl sites for hydroxylation is 1. The molecule has 0 bridgehead atoms. The fourth-order valence-corrected chi connectivity index (χ4v) is 2.22. The molecule has 1 aromatic heterocycles. The number of aromatic nitrogens is 2. The summed E-state index contributed by atoms with van der Waals surface area (Å²) >= 11 is 0. The first-order chi connectivity index (χ1) is 12.3. The van der Waals surface area contributed by atoms with Gasteiger partial charge in [-0.1, -0.05) is 32.0 Å². The van der Waals surface area contributed by atoms with Gasteiger partial charge in [-0.3, -0.25) is 4.79 Å². The van der Waals surface area contributed by atoms with Gasteiger partial charge in [-0.15, -0.1) is 0 Å². The Morgan fingerprint density at radius 3 is 2.69 bits per heavy atom. The molecule has 7 nitrogen and oxygen atoms in total. The van der Waals surface area contributed by atoms with E-state index in [1.807, 2.05) is 20.8 Å². The average molecular weight is 359 g/mol. The van der Waals surface area contributed by atoms with Gasteiger partial charge in [-0.2, -0.15) is 4.98 Å². The first-order valence-electron chi connectivity index (χ1n) is 8.69. The van der Waals surface area contributed by atoms with Gasteiger partial charge in [-0.05, 0) is 31.5 Å². The largest absolute Gasteiger partial charge is 0.462 e. The highest BCUT2D eigenvalue weighted by molar-refractivity contribution is 5.94. The predicted molar refractivity (Wildman–Crippen MR) is 97.0 cm³/mol. The van der Waals surface area contributed by atoms with Gasteiger partial charge in [0.1, 0.15) is 0 Å². The maximum atomic E-state index is 12.1. The normalized spacial score (nSPS) is 11.2. The Hall–Kier alpha value is -2.70. The molecule has 0 spiro atoms. The van der Waals surface area contributed by atoms with Gasteiger partial charge in [-0.25, -0.2) is 4.79 Å². The summed E-state index contributed by atoms with van der Waals surface area (Å²) in [6.07, 6.45) is 1.45. The molecule has 0 aliphatic heterocycles. The predicted octanol–water partition coefficient (Wildman–Crippen LogP) is 3.51. The first kappa shape index (κ1) is 19.6. The summed E-state index contributed by atoms with van der Waals surface area (Å²) < 4.78 is 10.2. The summed E-state index contributed by atoms with van der Waals surface area (Å²) in [5, 5.41) is 6.75. The molecule has 0 saturated carbocycles. The van der Waals surface area contributed by atoms with Gasteiger partial charge in [0, 0.05) is 23.9 Å². The van der Waals surface area contributed by atoms with Crippen LogP contribution < -0.4 is 5.32 Å². The van der Waals surface area contributed by atoms with Crippen LogP contribution in [-0.2, 0) is 21.4 Å². The zero-order valence-corrected chi connectivity index (χ0v) is 15.7. The second-order valence-electron chi connectivity index (χ2n) is 6.96. The number of esters is 1. The second-order valence-corrected chi connectivity index (χ2v) is 6.96. The molecule has 0 fully saturated rings. The highest BCUT2D eigenvalue weighted by Gasteiger charge is 2.20. The maximum absolute atomic E-state index is 12.1. The van der Waals surface area contributed by atoms with Crippen molar-refractivity contribution in [1.29, 1.82) is 0 Å². The molecule has 1 N–H and O–H groups in total. The highest BCUT2D eigenvalue weighted by atomic mass is 16.5. The minimum Gasteiger partial charge on any atom is -0.462 e. The molecule has 7 heteroatoms. The summed E-state index contributed by atoms with van der Waals surface area (Å²) in [5.41, 5.74) is 0.807. The van der Waals surface area contributed by atoms with Crippen LogP contribution in [-0.4, -0.2) is 28.6 Å². The molecule has 1 heterocycles. The lowest BCUT2D eigenvalue weighted by atomic mass is 9.96. The van der Waals surface area contributed by atoms with Crippen LogP contribution in [0.3, 0.4) is 0 Å². The van der Waals surface area contributed by atoms with Crippen molar-refractivity contribution < 1.29 is 18.8 Å². The Kier molecular flexibility index (Phi) is 6.49. The molecule has 0 aliphatic rings. The van der Waals surface area contributed by atoms with E-state index in [4.69, 9.17) is 9.26 Å². The maximum Gasteiger partial charge on any atom is 0.338 e. The minimum atomic E-state index is -0.408. The fourth-order valence-electron chi connectivity index (χ4n) is 2.22. The molecule has 26 heavy (non-hydrogen) atoms. The van der Waals surface area contributed by atoms with Crippen molar-refractivity contribution in [2.75, 3.05) is 11.9 Å². The van der Waals surface area contributed by atoms with Crippen LogP contribution in [0.25, 0.3) is 0 Å². The molecule has 1 aromatic carbocycles. The zero-order chi connectivity index (χ0) is 19.2. The van der Waals surface area contributed by atoms with E-state index in [2.05, 4.69) is 15.5 Å². The summed E-state index contributed by atoms with van der Waals surface area (Å²) in [6, 6.07) is 6.68. The van der Waals surface area contributed by atoms with Crippen molar-refractivity contribution >= 4 is 17.6 Å². The third kappa shape index (κ3) is 5.68. The molecule has 1 amide bonds. The van der Waals surface area contributed by atoms with Gasteiger partial charge in [0.25, 0.3) is 0 Å². The first-order valence-corrected chi connectivity index (χ1v) is 8.69. The minimum absolute atomic E-state index is 0.137. The molecule has 2 rings (SSSR count). The van der Waals surface area contributed by atoms with E-state index >= 15 is 0 Å². The smallest absolute Gasteiger partial charge is 0.338 e. The number of carbonyl (C=O) groups excluding carboxylic acids is 2. The van der Waals surface area contributed by atoms with Crippen LogP contribution in [0.5, 0.6) is 0 Å². The van der Waals surface area contributed by atoms with E-state index in [-0.39, 0.29) is 11.3 Å². The van der Waals surface area contributed by atoms with Crippen molar-refractivity contribution in [3.63, 3.8) is 0 Å². The number of ether oxygens (including phenoxy) is 1. The number of carbonyl (C=O) groups is 2. The van der Waals surface area contributed by atoms with E-state index in [0.717, 1.165) is 0 Å². The highest BCUT2D eigenvalue weighted by Crippen LogP contribution is 2.19. The molecular weight excluding hydrogens is 334 g/mol. The van der Waals surface area contributed by atoms with Crippen LogP contribution >= 0.6 is 0 Å². The molecule has 0 aliphatic carbocycles. The molecule has 0 atom stereocenters. The van der Waals surface area contributed by atoms with Crippen LogP contribution in [0.4, 0.5) is 5.69 Å². The average Bonchev–Trinajstić information content (AvgIpc) is 3.04. The Morgan fingerprint density at radius 1 is 1.27 bits per heavy atom. The van der Waals surface area contributed by atoms with Gasteiger partial charge in [0.05, 0.1) is 12.2 Å². The van der Waals surface area contributed by atoms with Gasteiger partial charge >= 0.3 is 5.97 Å².